The standard InChI is InChI=1S/C11H16F3NO5S/c1-10(2,3)17-9(16)15-6-4-8(5-7-15)18-21-20-19-11(12,13)14/h4H,5-7H2,1-3H3. The highest BCUT2D eigenvalue weighted by molar-refractivity contribution is 7.89. The van der Waals surface area contributed by atoms with Crippen LogP contribution in [-0.4, -0.2) is 36.0 Å². The molecule has 0 aromatic heterocycles. The smallest absolute Gasteiger partial charge is 0.444 e. The molecule has 0 saturated heterocycles. The van der Waals surface area contributed by atoms with Gasteiger partial charge in [0.15, 0.2) is 0 Å². The number of ether oxygens (including phenoxy) is 1. The molecule has 0 aromatic carbocycles. The van der Waals surface area contributed by atoms with E-state index in [9.17, 15) is 18.0 Å². The second-order valence-electron chi connectivity index (χ2n) is 5.10. The molecule has 1 aliphatic rings. The summed E-state index contributed by atoms with van der Waals surface area (Å²) >= 11 is 0.0611. The van der Waals surface area contributed by atoms with E-state index in [0.29, 0.717) is 18.7 Å². The lowest BCUT2D eigenvalue weighted by Crippen LogP contribution is -2.39. The number of hydrogen-bond donors (Lipinski definition) is 0. The maximum absolute atomic E-state index is 11.7. The maximum Gasteiger partial charge on any atom is 0.550 e. The highest BCUT2D eigenvalue weighted by Gasteiger charge is 2.32. The molecule has 0 aliphatic carbocycles. The minimum atomic E-state index is -4.88. The molecule has 10 heteroatoms. The lowest BCUT2D eigenvalue weighted by Gasteiger charge is -2.29. The molecule has 0 bridgehead atoms. The summed E-state index contributed by atoms with van der Waals surface area (Å²) in [5.41, 5.74) is -0.587. The predicted molar refractivity (Wildman–Crippen MR) is 67.4 cm³/mol. The molecule has 0 spiro atoms. The van der Waals surface area contributed by atoms with E-state index in [0.717, 1.165) is 0 Å². The van der Waals surface area contributed by atoms with Crippen LogP contribution in [0.3, 0.4) is 0 Å². The van der Waals surface area contributed by atoms with Gasteiger partial charge in [0.25, 0.3) is 12.3 Å². The molecule has 0 fully saturated rings. The summed E-state index contributed by atoms with van der Waals surface area (Å²) in [7, 11) is 0. The van der Waals surface area contributed by atoms with Gasteiger partial charge in [-0.1, -0.05) is 0 Å². The van der Waals surface area contributed by atoms with Crippen molar-refractivity contribution in [3.63, 3.8) is 0 Å². The summed E-state index contributed by atoms with van der Waals surface area (Å²) in [4.78, 5) is 16.3. The lowest BCUT2D eigenvalue weighted by molar-refractivity contribution is -0.441. The van der Waals surface area contributed by atoms with Crippen LogP contribution in [0, 0.1) is 0 Å². The number of carbonyl (C=O) groups is 1. The average molecular weight is 331 g/mol. The summed E-state index contributed by atoms with van der Waals surface area (Å²) in [5, 5.41) is 0. The number of nitrogens with zero attached hydrogens (tertiary/aromatic N) is 1. The first-order valence-corrected chi connectivity index (χ1v) is 6.66. The van der Waals surface area contributed by atoms with Gasteiger partial charge >= 0.3 is 12.5 Å². The van der Waals surface area contributed by atoms with Crippen molar-refractivity contribution in [1.82, 2.24) is 4.90 Å². The van der Waals surface area contributed by atoms with E-state index in [4.69, 9.17) is 8.92 Å². The van der Waals surface area contributed by atoms with E-state index in [2.05, 4.69) is 9.22 Å². The highest BCUT2D eigenvalue weighted by Crippen LogP contribution is 2.24. The molecule has 0 atom stereocenters. The third kappa shape index (κ3) is 8.02. The molecule has 122 valence electrons. The van der Waals surface area contributed by atoms with Crippen molar-refractivity contribution in [2.24, 2.45) is 0 Å². The monoisotopic (exact) mass is 331 g/mol. The molecule has 0 radical (unpaired) electrons. The van der Waals surface area contributed by atoms with Gasteiger partial charge in [0.05, 0.1) is 0 Å². The van der Waals surface area contributed by atoms with Crippen LogP contribution in [0.4, 0.5) is 18.0 Å². The van der Waals surface area contributed by atoms with Gasteiger partial charge in [0.1, 0.15) is 11.4 Å². The molecule has 21 heavy (non-hydrogen) atoms. The Kier molecular flexibility index (Phi) is 6.17. The number of alkyl halides is 3. The Balaban J connectivity index is 2.29. The fraction of sp³-hybridized carbons (Fsp3) is 0.727. The Labute approximate surface area is 124 Å². The van der Waals surface area contributed by atoms with Gasteiger partial charge in [0, 0.05) is 19.5 Å². The van der Waals surface area contributed by atoms with Gasteiger partial charge in [-0.05, 0) is 26.8 Å². The van der Waals surface area contributed by atoms with Gasteiger partial charge in [-0.3, -0.25) is 0 Å². The summed E-state index contributed by atoms with van der Waals surface area (Å²) in [6.45, 7) is 5.85. The summed E-state index contributed by atoms with van der Waals surface area (Å²) in [6.07, 6.45) is -3.45. The van der Waals surface area contributed by atoms with Crippen LogP contribution in [-0.2, 0) is 18.1 Å². The predicted octanol–water partition coefficient (Wildman–Crippen LogP) is 3.56. The Morgan fingerprint density at radius 3 is 2.48 bits per heavy atom. The summed E-state index contributed by atoms with van der Waals surface area (Å²) < 4.78 is 48.6. The van der Waals surface area contributed by atoms with E-state index < -0.39 is 18.1 Å². The van der Waals surface area contributed by atoms with E-state index in [1.807, 2.05) is 0 Å². The molecular weight excluding hydrogens is 315 g/mol. The van der Waals surface area contributed by atoms with Crippen LogP contribution < -0.4 is 0 Å². The molecule has 1 rings (SSSR count). The van der Waals surface area contributed by atoms with Crippen LogP contribution in [0.2, 0.25) is 0 Å². The molecule has 1 amide bonds. The van der Waals surface area contributed by atoms with Crippen molar-refractivity contribution in [2.45, 2.75) is 39.2 Å². The Bertz CT molecular complexity index is 394. The number of rotatable bonds is 4. The molecule has 1 aliphatic heterocycles. The second kappa shape index (κ2) is 7.23. The quantitative estimate of drug-likeness (QED) is 0.340. The Morgan fingerprint density at radius 1 is 1.33 bits per heavy atom. The summed E-state index contributed by atoms with van der Waals surface area (Å²) in [6, 6.07) is 0. The average Bonchev–Trinajstić information content (AvgIpc) is 2.32. The zero-order valence-electron chi connectivity index (χ0n) is 11.7. The minimum absolute atomic E-state index is 0.0611. The first-order chi connectivity index (χ1) is 9.57. The number of hydrogen-bond acceptors (Lipinski definition) is 6. The van der Waals surface area contributed by atoms with Gasteiger partial charge in [-0.15, -0.1) is 22.4 Å². The van der Waals surface area contributed by atoms with Crippen LogP contribution in [0.5, 0.6) is 0 Å². The van der Waals surface area contributed by atoms with Crippen molar-refractivity contribution in [1.29, 1.82) is 0 Å². The Morgan fingerprint density at radius 2 is 2.00 bits per heavy atom. The number of halogens is 3. The van der Waals surface area contributed by atoms with Crippen molar-refractivity contribution in [2.75, 3.05) is 13.1 Å². The molecule has 0 aromatic rings. The summed E-state index contributed by atoms with van der Waals surface area (Å²) in [5.74, 6) is 0.394. The minimum Gasteiger partial charge on any atom is -0.444 e. The normalized spacial score (nSPS) is 16.5. The van der Waals surface area contributed by atoms with Crippen molar-refractivity contribution in [3.05, 3.63) is 11.8 Å². The van der Waals surface area contributed by atoms with E-state index >= 15 is 0 Å². The van der Waals surface area contributed by atoms with Gasteiger partial charge < -0.3 is 13.8 Å². The molecule has 1 heterocycles. The SMILES string of the molecule is CC(C)(C)OC(=O)N1CC=C(OSOOC(F)(F)F)CC1. The van der Waals surface area contributed by atoms with Gasteiger partial charge in [-0.25, -0.2) is 4.79 Å². The van der Waals surface area contributed by atoms with Crippen LogP contribution in [0.1, 0.15) is 27.2 Å². The Hall–Kier alpha value is -1.13. The largest absolute Gasteiger partial charge is 0.550 e. The fourth-order valence-electron chi connectivity index (χ4n) is 1.33. The lowest BCUT2D eigenvalue weighted by atomic mass is 10.2. The molecular formula is C11H16F3NO5S. The van der Waals surface area contributed by atoms with Crippen LogP contribution >= 0.6 is 12.3 Å². The van der Waals surface area contributed by atoms with Crippen molar-refractivity contribution >= 4 is 18.4 Å². The van der Waals surface area contributed by atoms with Crippen molar-refractivity contribution < 1.29 is 36.1 Å². The first-order valence-electron chi connectivity index (χ1n) is 5.99. The molecule has 0 unspecified atom stereocenters. The third-order valence-corrected chi connectivity index (χ3v) is 2.52. The maximum atomic E-state index is 11.7. The van der Waals surface area contributed by atoms with E-state index in [1.54, 1.807) is 26.8 Å². The zero-order chi connectivity index (χ0) is 16.1. The third-order valence-electron chi connectivity index (χ3n) is 2.12. The fourth-order valence-corrected chi connectivity index (χ4v) is 1.70. The first kappa shape index (κ1) is 17.9. The van der Waals surface area contributed by atoms with Crippen molar-refractivity contribution in [3.8, 4) is 0 Å². The second-order valence-corrected chi connectivity index (χ2v) is 5.53. The topological polar surface area (TPSA) is 57.2 Å². The number of carbonyl (C=O) groups excluding carboxylic acids is 1. The van der Waals surface area contributed by atoms with Crippen LogP contribution in [0.25, 0.3) is 0 Å². The van der Waals surface area contributed by atoms with Gasteiger partial charge in [0.2, 0.25) is 0 Å². The molecule has 6 nitrogen and oxygen atoms in total. The van der Waals surface area contributed by atoms with Gasteiger partial charge in [-0.2, -0.15) is 0 Å². The molecule has 0 N–H and O–H groups in total. The zero-order valence-corrected chi connectivity index (χ0v) is 12.5. The van der Waals surface area contributed by atoms with E-state index in [1.165, 1.54) is 4.90 Å². The molecule has 0 saturated carbocycles. The highest BCUT2D eigenvalue weighted by atomic mass is 32.2. The van der Waals surface area contributed by atoms with Crippen LogP contribution in [0.15, 0.2) is 11.8 Å². The van der Waals surface area contributed by atoms with E-state index in [-0.39, 0.29) is 18.9 Å². The number of amides is 1.